The molecular formula is C18H22N4O2S. The van der Waals surface area contributed by atoms with Crippen molar-refractivity contribution in [1.82, 2.24) is 14.6 Å². The van der Waals surface area contributed by atoms with E-state index in [1.165, 1.54) is 0 Å². The van der Waals surface area contributed by atoms with Crippen molar-refractivity contribution in [3.8, 4) is 17.0 Å². The molecule has 1 aliphatic heterocycles. The lowest BCUT2D eigenvalue weighted by molar-refractivity contribution is 0.103. The summed E-state index contributed by atoms with van der Waals surface area (Å²) in [6.45, 7) is 5.68. The molecule has 3 aromatic rings. The van der Waals surface area contributed by atoms with Gasteiger partial charge in [0.2, 0.25) is 10.1 Å². The molecule has 0 aliphatic carbocycles. The number of hydrogen-bond acceptors (Lipinski definition) is 6. The normalized spacial score (nSPS) is 21.0. The maximum absolute atomic E-state index is 10.2. The van der Waals surface area contributed by atoms with E-state index >= 15 is 0 Å². The number of methoxy groups -OCH3 is 1. The van der Waals surface area contributed by atoms with Gasteiger partial charge in [-0.1, -0.05) is 24.3 Å². The summed E-state index contributed by atoms with van der Waals surface area (Å²) in [5.74, 6) is 1.16. The first-order valence-corrected chi connectivity index (χ1v) is 9.31. The van der Waals surface area contributed by atoms with E-state index in [-0.39, 0.29) is 6.10 Å². The van der Waals surface area contributed by atoms with Crippen molar-refractivity contribution in [1.29, 1.82) is 0 Å². The second-order valence-electron chi connectivity index (χ2n) is 6.71. The van der Waals surface area contributed by atoms with Gasteiger partial charge in [-0.2, -0.15) is 0 Å². The summed E-state index contributed by atoms with van der Waals surface area (Å²) < 4.78 is 7.41. The molecule has 0 amide bonds. The number of benzene rings is 1. The third kappa shape index (κ3) is 2.87. The number of ether oxygens (including phenoxy) is 1. The fourth-order valence-electron chi connectivity index (χ4n) is 3.23. The van der Waals surface area contributed by atoms with Crippen molar-refractivity contribution in [2.75, 3.05) is 25.1 Å². The Morgan fingerprint density at radius 3 is 2.96 bits per heavy atom. The van der Waals surface area contributed by atoms with Crippen LogP contribution in [0.2, 0.25) is 0 Å². The Kier molecular flexibility index (Phi) is 4.13. The molecule has 3 heterocycles. The number of fused-ring (bicyclic) bond motifs is 1. The molecule has 1 aromatic carbocycles. The van der Waals surface area contributed by atoms with Gasteiger partial charge in [-0.3, -0.25) is 0 Å². The monoisotopic (exact) mass is 358 g/mol. The molecule has 0 bridgehead atoms. The average molecular weight is 358 g/mol. The molecule has 1 fully saturated rings. The summed E-state index contributed by atoms with van der Waals surface area (Å²) in [6.07, 6.45) is 2.51. The highest BCUT2D eigenvalue weighted by molar-refractivity contribution is 7.20. The molecule has 1 saturated heterocycles. The molecule has 1 N–H and O–H groups in total. The van der Waals surface area contributed by atoms with Crippen LogP contribution in [-0.2, 0) is 0 Å². The number of hydrogen-bond donors (Lipinski definition) is 1. The maximum Gasteiger partial charge on any atom is 0.214 e. The maximum atomic E-state index is 10.2. The van der Waals surface area contributed by atoms with Crippen LogP contribution in [0.25, 0.3) is 16.2 Å². The van der Waals surface area contributed by atoms with Gasteiger partial charge in [0.25, 0.3) is 0 Å². The predicted octanol–water partition coefficient (Wildman–Crippen LogP) is 2.98. The van der Waals surface area contributed by atoms with Gasteiger partial charge in [-0.05, 0) is 37.0 Å². The third-order valence-electron chi connectivity index (χ3n) is 4.90. The van der Waals surface area contributed by atoms with E-state index in [2.05, 4.69) is 22.9 Å². The fraction of sp³-hybridized carbons (Fsp3) is 0.444. The van der Waals surface area contributed by atoms with Crippen LogP contribution in [0.15, 0.2) is 24.4 Å². The number of aliphatic hydroxyl groups excluding tert-OH is 1. The fourth-order valence-corrected chi connectivity index (χ4v) is 4.14. The van der Waals surface area contributed by atoms with Crippen LogP contribution in [0.1, 0.15) is 18.9 Å². The highest BCUT2D eigenvalue weighted by atomic mass is 32.1. The molecule has 0 spiro atoms. The number of piperidine rings is 1. The number of aromatic nitrogens is 3. The lowest BCUT2D eigenvalue weighted by Crippen LogP contribution is -2.42. The quantitative estimate of drug-likeness (QED) is 0.780. The van der Waals surface area contributed by atoms with Crippen LogP contribution in [0.5, 0.6) is 5.75 Å². The summed E-state index contributed by atoms with van der Waals surface area (Å²) in [4.78, 5) is 7.52. The van der Waals surface area contributed by atoms with E-state index in [0.29, 0.717) is 12.5 Å². The third-order valence-corrected chi connectivity index (χ3v) is 5.88. The zero-order valence-electron chi connectivity index (χ0n) is 14.6. The highest BCUT2D eigenvalue weighted by Gasteiger charge is 2.27. The van der Waals surface area contributed by atoms with E-state index in [9.17, 15) is 5.11 Å². The van der Waals surface area contributed by atoms with Crippen molar-refractivity contribution in [3.63, 3.8) is 0 Å². The van der Waals surface area contributed by atoms with Crippen LogP contribution in [0.3, 0.4) is 0 Å². The summed E-state index contributed by atoms with van der Waals surface area (Å²) in [6, 6.07) is 6.13. The van der Waals surface area contributed by atoms with Crippen molar-refractivity contribution in [2.24, 2.45) is 5.92 Å². The molecule has 1 aliphatic rings. The molecule has 6 nitrogen and oxygen atoms in total. The second kappa shape index (κ2) is 6.31. The number of imidazole rings is 1. The predicted molar refractivity (Wildman–Crippen MR) is 99.6 cm³/mol. The number of anilines is 1. The van der Waals surface area contributed by atoms with E-state index in [0.717, 1.165) is 45.6 Å². The molecule has 2 aromatic heterocycles. The first kappa shape index (κ1) is 16.4. The Bertz CT molecular complexity index is 904. The highest BCUT2D eigenvalue weighted by Crippen LogP contribution is 2.34. The Balaban J connectivity index is 1.72. The van der Waals surface area contributed by atoms with Gasteiger partial charge < -0.3 is 14.7 Å². The zero-order chi connectivity index (χ0) is 17.6. The lowest BCUT2D eigenvalue weighted by atomic mass is 9.96. The Hall–Kier alpha value is -2.12. The molecule has 0 radical (unpaired) electrons. The van der Waals surface area contributed by atoms with Gasteiger partial charge in [-0.25, -0.2) is 9.50 Å². The standard InChI is InChI=1S/C18H22N4O2S/c1-11-4-5-13(16(8-11)24-3)14-9-19-17-22(14)20-18(25-17)21-7-6-12(2)15(23)10-21/h4-5,8-9,12,15,23H,6-7,10H2,1-3H3/t12-,15+/m1/s1. The molecule has 4 rings (SSSR count). The number of rotatable bonds is 3. The van der Waals surface area contributed by atoms with E-state index in [4.69, 9.17) is 9.84 Å². The van der Waals surface area contributed by atoms with Gasteiger partial charge in [-0.15, -0.1) is 5.10 Å². The molecule has 7 heteroatoms. The smallest absolute Gasteiger partial charge is 0.214 e. The minimum atomic E-state index is -0.304. The summed E-state index contributed by atoms with van der Waals surface area (Å²) in [7, 11) is 1.68. The van der Waals surface area contributed by atoms with Crippen molar-refractivity contribution >= 4 is 21.4 Å². The molecule has 0 unspecified atom stereocenters. The number of β-amino-alcohol motifs (C(OH)–C–C–N with tert-alkyl or cyclic N) is 1. The minimum Gasteiger partial charge on any atom is -0.496 e. The van der Waals surface area contributed by atoms with Crippen LogP contribution in [0.4, 0.5) is 5.13 Å². The minimum absolute atomic E-state index is 0.304. The van der Waals surface area contributed by atoms with Gasteiger partial charge in [0.15, 0.2) is 0 Å². The van der Waals surface area contributed by atoms with E-state index < -0.39 is 0 Å². The van der Waals surface area contributed by atoms with Crippen molar-refractivity contribution in [3.05, 3.63) is 30.0 Å². The Labute approximate surface area is 150 Å². The molecular weight excluding hydrogens is 336 g/mol. The molecule has 2 atom stereocenters. The Morgan fingerprint density at radius 1 is 1.36 bits per heavy atom. The molecule has 25 heavy (non-hydrogen) atoms. The van der Waals surface area contributed by atoms with Crippen LogP contribution < -0.4 is 9.64 Å². The van der Waals surface area contributed by atoms with Crippen LogP contribution in [-0.4, -0.2) is 46.0 Å². The molecule has 132 valence electrons. The average Bonchev–Trinajstić information content (AvgIpc) is 3.18. The van der Waals surface area contributed by atoms with Crippen LogP contribution in [0, 0.1) is 12.8 Å². The van der Waals surface area contributed by atoms with E-state index in [1.54, 1.807) is 18.4 Å². The SMILES string of the molecule is COc1cc(C)ccc1-c1cnc2sc(N3CC[C@@H](C)[C@@H](O)C3)nn12. The topological polar surface area (TPSA) is 62.9 Å². The van der Waals surface area contributed by atoms with Gasteiger partial charge in [0.05, 0.1) is 25.1 Å². The van der Waals surface area contributed by atoms with Crippen molar-refractivity contribution in [2.45, 2.75) is 26.4 Å². The van der Waals surface area contributed by atoms with Gasteiger partial charge in [0, 0.05) is 18.7 Å². The summed E-state index contributed by atoms with van der Waals surface area (Å²) in [5.41, 5.74) is 3.04. The Morgan fingerprint density at radius 2 is 2.20 bits per heavy atom. The van der Waals surface area contributed by atoms with Gasteiger partial charge >= 0.3 is 0 Å². The van der Waals surface area contributed by atoms with Crippen molar-refractivity contribution < 1.29 is 9.84 Å². The first-order valence-electron chi connectivity index (χ1n) is 8.49. The van der Waals surface area contributed by atoms with E-state index in [1.807, 2.05) is 29.8 Å². The largest absolute Gasteiger partial charge is 0.496 e. The number of aryl methyl sites for hydroxylation is 1. The zero-order valence-corrected chi connectivity index (χ0v) is 15.5. The lowest BCUT2D eigenvalue weighted by Gasteiger charge is -2.33. The summed E-state index contributed by atoms with van der Waals surface area (Å²) in [5, 5.41) is 15.8. The summed E-state index contributed by atoms with van der Waals surface area (Å²) >= 11 is 1.55. The first-order chi connectivity index (χ1) is 12.1. The number of nitrogens with zero attached hydrogens (tertiary/aromatic N) is 4. The second-order valence-corrected chi connectivity index (χ2v) is 7.64. The van der Waals surface area contributed by atoms with Crippen LogP contribution >= 0.6 is 11.3 Å². The molecule has 0 saturated carbocycles. The van der Waals surface area contributed by atoms with Gasteiger partial charge in [0.1, 0.15) is 5.75 Å². The number of aliphatic hydroxyl groups is 1.